The molecule has 0 aliphatic carbocycles. The van der Waals surface area contributed by atoms with Crippen molar-refractivity contribution in [2.45, 2.75) is 24.5 Å². The number of alkyl halides is 3. The lowest BCUT2D eigenvalue weighted by Gasteiger charge is -2.19. The number of fused-ring (bicyclic) bond motifs is 1. The molecule has 0 spiro atoms. The average molecular weight is 306 g/mol. The van der Waals surface area contributed by atoms with Crippen LogP contribution in [0.15, 0.2) is 18.2 Å². The number of aromatic nitrogens is 2. The maximum Gasteiger partial charge on any atom is 0.416 e. The second-order valence-electron chi connectivity index (χ2n) is 4.54. The molecule has 1 aromatic heterocycles. The van der Waals surface area contributed by atoms with Crippen molar-refractivity contribution in [1.82, 2.24) is 9.97 Å². The third kappa shape index (κ3) is 3.16. The zero-order valence-corrected chi connectivity index (χ0v) is 10.5. The third-order valence-corrected chi connectivity index (χ3v) is 3.01. The van der Waals surface area contributed by atoms with Crippen LogP contribution in [0.3, 0.4) is 0 Å². The maximum atomic E-state index is 12.6. The van der Waals surface area contributed by atoms with E-state index in [1.54, 1.807) is 0 Å². The summed E-state index contributed by atoms with van der Waals surface area (Å²) in [6.07, 6.45) is -9.50. The molecule has 0 amide bonds. The van der Waals surface area contributed by atoms with E-state index in [2.05, 4.69) is 9.97 Å². The molecule has 1 heterocycles. The molecule has 0 aliphatic heterocycles. The Morgan fingerprint density at radius 3 is 2.43 bits per heavy atom. The largest absolute Gasteiger partial charge is 0.416 e. The van der Waals surface area contributed by atoms with E-state index < -0.39 is 36.7 Å². The first-order valence-corrected chi connectivity index (χ1v) is 5.96. The Morgan fingerprint density at radius 1 is 1.19 bits per heavy atom. The second-order valence-corrected chi connectivity index (χ2v) is 4.54. The molecule has 116 valence electrons. The summed E-state index contributed by atoms with van der Waals surface area (Å²) in [4.78, 5) is 6.30. The number of nitrogens with zero attached hydrogens (tertiary/aromatic N) is 1. The van der Waals surface area contributed by atoms with Crippen LogP contribution in [0.4, 0.5) is 13.2 Å². The Kier molecular flexibility index (Phi) is 4.19. The number of hydrogen-bond donors (Lipinski definition) is 5. The lowest BCUT2D eigenvalue weighted by Crippen LogP contribution is -2.35. The monoisotopic (exact) mass is 306 g/mol. The number of H-pyrrole nitrogens is 1. The minimum absolute atomic E-state index is 0.0320. The van der Waals surface area contributed by atoms with Crippen LogP contribution in [0.25, 0.3) is 11.0 Å². The first-order valence-electron chi connectivity index (χ1n) is 5.96. The van der Waals surface area contributed by atoms with Crippen LogP contribution in [0.5, 0.6) is 0 Å². The van der Waals surface area contributed by atoms with Crippen LogP contribution in [0.2, 0.25) is 0 Å². The van der Waals surface area contributed by atoms with Crippen LogP contribution in [-0.4, -0.2) is 49.2 Å². The van der Waals surface area contributed by atoms with Gasteiger partial charge in [0.2, 0.25) is 0 Å². The molecule has 5 N–H and O–H groups in total. The van der Waals surface area contributed by atoms with Crippen molar-refractivity contribution >= 4 is 11.0 Å². The Bertz CT molecular complexity index is 628. The van der Waals surface area contributed by atoms with E-state index in [9.17, 15) is 28.5 Å². The minimum Gasteiger partial charge on any atom is -0.394 e. The van der Waals surface area contributed by atoms with Gasteiger partial charge in [-0.3, -0.25) is 0 Å². The second kappa shape index (κ2) is 5.60. The van der Waals surface area contributed by atoms with Gasteiger partial charge in [0.25, 0.3) is 0 Å². The Morgan fingerprint density at radius 2 is 1.86 bits per heavy atom. The summed E-state index contributed by atoms with van der Waals surface area (Å²) >= 11 is 0. The summed E-state index contributed by atoms with van der Waals surface area (Å²) in [6.45, 7) is -0.781. The Labute approximate surface area is 116 Å². The molecular formula is C12H13F3N2O4. The summed E-state index contributed by atoms with van der Waals surface area (Å²) in [5, 5.41) is 37.3. The molecule has 9 heteroatoms. The van der Waals surface area contributed by atoms with E-state index in [-0.39, 0.29) is 16.9 Å². The quantitative estimate of drug-likeness (QED) is 0.559. The number of aliphatic hydroxyl groups excluding tert-OH is 4. The topological polar surface area (TPSA) is 110 Å². The predicted molar refractivity (Wildman–Crippen MR) is 65.2 cm³/mol. The van der Waals surface area contributed by atoms with Crippen LogP contribution in [0, 0.1) is 0 Å². The highest BCUT2D eigenvalue weighted by Gasteiger charge is 2.31. The van der Waals surface area contributed by atoms with Gasteiger partial charge < -0.3 is 25.4 Å². The lowest BCUT2D eigenvalue weighted by molar-refractivity contribution is -0.137. The number of imidazole rings is 1. The van der Waals surface area contributed by atoms with Gasteiger partial charge in [-0.2, -0.15) is 13.2 Å². The highest BCUT2D eigenvalue weighted by molar-refractivity contribution is 5.76. The maximum absolute atomic E-state index is 12.6. The van der Waals surface area contributed by atoms with Crippen LogP contribution in [-0.2, 0) is 6.18 Å². The van der Waals surface area contributed by atoms with E-state index in [0.29, 0.717) is 0 Å². The lowest BCUT2D eigenvalue weighted by atomic mass is 10.1. The van der Waals surface area contributed by atoms with Gasteiger partial charge in [0.05, 0.1) is 23.2 Å². The first-order chi connectivity index (χ1) is 9.74. The summed E-state index contributed by atoms with van der Waals surface area (Å²) < 4.78 is 37.7. The number of rotatable bonds is 4. The SMILES string of the molecule is OC[C@@H](O)[C@H](O)[C@@H](O)c1nc2ccc(C(F)(F)F)cc2[nH]1. The number of aliphatic hydroxyl groups is 4. The van der Waals surface area contributed by atoms with E-state index in [1.165, 1.54) is 0 Å². The molecule has 2 rings (SSSR count). The number of nitrogens with one attached hydrogen (secondary N) is 1. The molecule has 0 bridgehead atoms. The van der Waals surface area contributed by atoms with Gasteiger partial charge >= 0.3 is 6.18 Å². The van der Waals surface area contributed by atoms with Gasteiger partial charge in [-0.25, -0.2) is 4.98 Å². The van der Waals surface area contributed by atoms with Crippen molar-refractivity contribution in [1.29, 1.82) is 0 Å². The molecule has 0 aliphatic rings. The van der Waals surface area contributed by atoms with Crippen molar-refractivity contribution in [3.8, 4) is 0 Å². The number of benzene rings is 1. The van der Waals surface area contributed by atoms with Crippen molar-refractivity contribution in [3.63, 3.8) is 0 Å². The normalized spacial score (nSPS) is 16.9. The molecule has 0 radical (unpaired) electrons. The molecule has 2 aromatic rings. The fraction of sp³-hybridized carbons (Fsp3) is 0.417. The third-order valence-electron chi connectivity index (χ3n) is 3.01. The molecule has 3 atom stereocenters. The fourth-order valence-corrected chi connectivity index (χ4v) is 1.83. The highest BCUT2D eigenvalue weighted by Crippen LogP contribution is 2.31. The van der Waals surface area contributed by atoms with Gasteiger partial charge in [-0.15, -0.1) is 0 Å². The number of hydrogen-bond acceptors (Lipinski definition) is 5. The van der Waals surface area contributed by atoms with Crippen LogP contribution < -0.4 is 0 Å². The first kappa shape index (κ1) is 15.7. The highest BCUT2D eigenvalue weighted by atomic mass is 19.4. The van der Waals surface area contributed by atoms with Crippen molar-refractivity contribution in [2.24, 2.45) is 0 Å². The van der Waals surface area contributed by atoms with Crippen molar-refractivity contribution in [2.75, 3.05) is 6.61 Å². The Balaban J connectivity index is 2.35. The van der Waals surface area contributed by atoms with Gasteiger partial charge in [0.15, 0.2) is 0 Å². The molecular weight excluding hydrogens is 293 g/mol. The minimum atomic E-state index is -4.51. The van der Waals surface area contributed by atoms with E-state index in [0.717, 1.165) is 18.2 Å². The fourth-order valence-electron chi connectivity index (χ4n) is 1.83. The van der Waals surface area contributed by atoms with Gasteiger partial charge in [0.1, 0.15) is 24.1 Å². The molecule has 0 saturated carbocycles. The number of aromatic amines is 1. The van der Waals surface area contributed by atoms with E-state index in [1.807, 2.05) is 0 Å². The molecule has 0 fully saturated rings. The van der Waals surface area contributed by atoms with E-state index >= 15 is 0 Å². The van der Waals surface area contributed by atoms with E-state index in [4.69, 9.17) is 5.11 Å². The van der Waals surface area contributed by atoms with Crippen molar-refractivity contribution < 1.29 is 33.6 Å². The predicted octanol–water partition coefficient (Wildman–Crippen LogP) is 0.329. The van der Waals surface area contributed by atoms with Gasteiger partial charge in [-0.1, -0.05) is 0 Å². The summed E-state index contributed by atoms with van der Waals surface area (Å²) in [7, 11) is 0. The summed E-state index contributed by atoms with van der Waals surface area (Å²) in [5.74, 6) is -0.204. The zero-order chi connectivity index (χ0) is 15.8. The Hall–Kier alpha value is -1.68. The number of halogens is 3. The molecule has 0 unspecified atom stereocenters. The van der Waals surface area contributed by atoms with Crippen LogP contribution in [0.1, 0.15) is 17.5 Å². The summed E-state index contributed by atoms with van der Waals surface area (Å²) in [6, 6.07) is 2.80. The van der Waals surface area contributed by atoms with Gasteiger partial charge in [0, 0.05) is 0 Å². The van der Waals surface area contributed by atoms with Gasteiger partial charge in [-0.05, 0) is 18.2 Å². The molecule has 6 nitrogen and oxygen atoms in total. The molecule has 1 aromatic carbocycles. The standard InChI is InChI=1S/C12H13F3N2O4/c13-12(14,15)5-1-2-6-7(3-5)17-11(16-6)10(21)9(20)8(19)4-18/h1-3,8-10,18-21H,4H2,(H,16,17)/t8-,9+,10-/m1/s1. The van der Waals surface area contributed by atoms with Crippen molar-refractivity contribution in [3.05, 3.63) is 29.6 Å². The average Bonchev–Trinajstić information content (AvgIpc) is 2.86. The molecule has 0 saturated heterocycles. The smallest absolute Gasteiger partial charge is 0.394 e. The van der Waals surface area contributed by atoms with Crippen LogP contribution >= 0.6 is 0 Å². The summed E-state index contributed by atoms with van der Waals surface area (Å²) in [5.41, 5.74) is -0.678. The molecule has 21 heavy (non-hydrogen) atoms. The zero-order valence-electron chi connectivity index (χ0n) is 10.5.